The number of hydrogen-bond donors (Lipinski definition) is 0. The summed E-state index contributed by atoms with van der Waals surface area (Å²) in [6, 6.07) is 2.38. The first-order valence-electron chi connectivity index (χ1n) is 4.87. The van der Waals surface area contributed by atoms with E-state index in [9.17, 15) is 17.2 Å². The number of halogens is 3. The monoisotopic (exact) mass is 327 g/mol. The summed E-state index contributed by atoms with van der Waals surface area (Å²) in [6.45, 7) is 0.240. The van der Waals surface area contributed by atoms with Gasteiger partial charge >= 0.3 is 0 Å². The molecule has 0 aromatic heterocycles. The topological polar surface area (TPSA) is 37.4 Å². The highest BCUT2D eigenvalue weighted by atomic mass is 79.9. The summed E-state index contributed by atoms with van der Waals surface area (Å²) in [5.74, 6) is -1.73. The lowest BCUT2D eigenvalue weighted by atomic mass is 10.3. The summed E-state index contributed by atoms with van der Waals surface area (Å²) in [5, 5.41) is 0.637. The first-order chi connectivity index (χ1) is 7.89. The normalized spacial score (nSPS) is 12.1. The molecule has 17 heavy (non-hydrogen) atoms. The van der Waals surface area contributed by atoms with Gasteiger partial charge < -0.3 is 0 Å². The molecule has 1 aromatic rings. The number of sulfonamides is 1. The zero-order valence-corrected chi connectivity index (χ0v) is 11.6. The highest BCUT2D eigenvalue weighted by molar-refractivity contribution is 9.09. The van der Waals surface area contributed by atoms with Crippen LogP contribution in [0.3, 0.4) is 0 Å². The molecule has 96 valence electrons. The molecule has 0 radical (unpaired) electrons. The van der Waals surface area contributed by atoms with Crippen molar-refractivity contribution >= 4 is 26.0 Å². The highest BCUT2D eigenvalue weighted by Gasteiger charge is 2.24. The Kier molecular flexibility index (Phi) is 5.03. The number of alkyl halides is 1. The van der Waals surface area contributed by atoms with E-state index in [4.69, 9.17) is 0 Å². The van der Waals surface area contributed by atoms with Gasteiger partial charge in [0.05, 0.1) is 0 Å². The first-order valence-corrected chi connectivity index (χ1v) is 7.43. The molecule has 0 aliphatic carbocycles. The summed E-state index contributed by atoms with van der Waals surface area (Å²) in [6.07, 6.45) is 0.590. The van der Waals surface area contributed by atoms with Crippen LogP contribution in [0.25, 0.3) is 0 Å². The second kappa shape index (κ2) is 5.88. The molecule has 0 atom stereocenters. The lowest BCUT2D eigenvalue weighted by Gasteiger charge is -2.16. The third-order valence-electron chi connectivity index (χ3n) is 2.19. The molecule has 0 heterocycles. The molecule has 0 N–H and O–H groups in total. The van der Waals surface area contributed by atoms with Crippen molar-refractivity contribution < 1.29 is 17.2 Å². The van der Waals surface area contributed by atoms with E-state index < -0.39 is 26.6 Å². The summed E-state index contributed by atoms with van der Waals surface area (Å²) in [7, 11) is -2.63. The van der Waals surface area contributed by atoms with E-state index in [1.54, 1.807) is 0 Å². The predicted octanol–water partition coefficient (Wildman–Crippen LogP) is 2.37. The maximum absolute atomic E-state index is 13.4. The van der Waals surface area contributed by atoms with Crippen molar-refractivity contribution in [2.75, 3.05) is 18.9 Å². The summed E-state index contributed by atoms with van der Waals surface area (Å²) in [4.78, 5) is -0.630. The van der Waals surface area contributed by atoms with Crippen LogP contribution in [0.4, 0.5) is 8.78 Å². The molecule has 0 aliphatic rings. The van der Waals surface area contributed by atoms with E-state index in [1.165, 1.54) is 7.05 Å². The third-order valence-corrected chi connectivity index (χ3v) is 4.62. The van der Waals surface area contributed by atoms with E-state index in [1.807, 2.05) is 0 Å². The first kappa shape index (κ1) is 14.5. The van der Waals surface area contributed by atoms with Gasteiger partial charge in [-0.3, -0.25) is 0 Å². The van der Waals surface area contributed by atoms with Crippen molar-refractivity contribution in [2.24, 2.45) is 0 Å². The average molecular weight is 328 g/mol. The molecule has 1 rings (SSSR count). The van der Waals surface area contributed by atoms with Gasteiger partial charge in [0.25, 0.3) is 0 Å². The van der Waals surface area contributed by atoms with Crippen LogP contribution < -0.4 is 0 Å². The van der Waals surface area contributed by atoms with Gasteiger partial charge in [0.2, 0.25) is 10.0 Å². The minimum atomic E-state index is -3.97. The molecule has 0 saturated heterocycles. The van der Waals surface area contributed by atoms with Crippen LogP contribution in [0.1, 0.15) is 6.42 Å². The van der Waals surface area contributed by atoms with E-state index in [0.717, 1.165) is 16.4 Å². The second-order valence-electron chi connectivity index (χ2n) is 3.44. The zero-order valence-electron chi connectivity index (χ0n) is 9.16. The molecule has 3 nitrogen and oxygen atoms in total. The van der Waals surface area contributed by atoms with E-state index in [-0.39, 0.29) is 6.54 Å². The van der Waals surface area contributed by atoms with Crippen molar-refractivity contribution in [1.82, 2.24) is 4.31 Å². The fraction of sp³-hybridized carbons (Fsp3) is 0.400. The number of nitrogens with zero attached hydrogens (tertiary/aromatic N) is 1. The van der Waals surface area contributed by atoms with Gasteiger partial charge in [-0.15, -0.1) is 0 Å². The number of benzene rings is 1. The van der Waals surface area contributed by atoms with Crippen molar-refractivity contribution in [2.45, 2.75) is 11.3 Å². The summed E-state index contributed by atoms with van der Waals surface area (Å²) < 4.78 is 51.1. The highest BCUT2D eigenvalue weighted by Crippen LogP contribution is 2.19. The van der Waals surface area contributed by atoms with Crippen molar-refractivity contribution in [3.8, 4) is 0 Å². The molecule has 0 fully saturated rings. The molecular weight excluding hydrogens is 316 g/mol. The Labute approximate surface area is 108 Å². The van der Waals surface area contributed by atoms with E-state index in [0.29, 0.717) is 17.8 Å². The Morgan fingerprint density at radius 1 is 1.35 bits per heavy atom. The minimum absolute atomic E-state index is 0.240. The maximum atomic E-state index is 13.4. The van der Waals surface area contributed by atoms with Crippen molar-refractivity contribution in [3.63, 3.8) is 0 Å². The van der Waals surface area contributed by atoms with Crippen LogP contribution in [0.5, 0.6) is 0 Å². The van der Waals surface area contributed by atoms with Crippen LogP contribution >= 0.6 is 15.9 Å². The quantitative estimate of drug-likeness (QED) is 0.778. The third kappa shape index (κ3) is 3.46. The lowest BCUT2D eigenvalue weighted by Crippen LogP contribution is -2.29. The molecule has 0 saturated carbocycles. The summed E-state index contributed by atoms with van der Waals surface area (Å²) >= 11 is 3.17. The van der Waals surface area contributed by atoms with E-state index >= 15 is 0 Å². The van der Waals surface area contributed by atoms with Gasteiger partial charge in [0.1, 0.15) is 16.5 Å². The Hall–Kier alpha value is -0.530. The molecule has 0 spiro atoms. The second-order valence-corrected chi connectivity index (χ2v) is 6.25. The molecule has 7 heteroatoms. The van der Waals surface area contributed by atoms with Gasteiger partial charge in [0, 0.05) is 18.9 Å². The van der Waals surface area contributed by atoms with Gasteiger partial charge in [-0.25, -0.2) is 21.5 Å². The minimum Gasteiger partial charge on any atom is -0.207 e. The Morgan fingerprint density at radius 3 is 2.59 bits per heavy atom. The zero-order chi connectivity index (χ0) is 13.1. The van der Waals surface area contributed by atoms with Gasteiger partial charge in [0.15, 0.2) is 0 Å². The SMILES string of the molecule is CN(CCCBr)S(=O)(=O)c1cc(F)ccc1F. The van der Waals surface area contributed by atoms with Crippen LogP contribution in [-0.4, -0.2) is 31.6 Å². The average Bonchev–Trinajstić information content (AvgIpc) is 2.28. The molecule has 0 amide bonds. The molecule has 0 bridgehead atoms. The fourth-order valence-corrected chi connectivity index (χ4v) is 2.78. The molecule has 0 unspecified atom stereocenters. The van der Waals surface area contributed by atoms with Crippen molar-refractivity contribution in [1.29, 1.82) is 0 Å². The Morgan fingerprint density at radius 2 is 2.00 bits per heavy atom. The lowest BCUT2D eigenvalue weighted by molar-refractivity contribution is 0.461. The molecule has 1 aromatic carbocycles. The van der Waals surface area contributed by atoms with Gasteiger partial charge in [-0.05, 0) is 24.6 Å². The van der Waals surface area contributed by atoms with E-state index in [2.05, 4.69) is 15.9 Å². The number of hydrogen-bond acceptors (Lipinski definition) is 2. The largest absolute Gasteiger partial charge is 0.245 e. The molecular formula is C10H12BrF2NO2S. The van der Waals surface area contributed by atoms with Crippen molar-refractivity contribution in [3.05, 3.63) is 29.8 Å². The Balaban J connectivity index is 3.08. The standard InChI is InChI=1S/C10H12BrF2NO2S/c1-14(6-2-5-11)17(15,16)10-7-8(12)3-4-9(10)13/h3-4,7H,2,5-6H2,1H3. The van der Waals surface area contributed by atoms with Crippen LogP contribution in [-0.2, 0) is 10.0 Å². The van der Waals surface area contributed by atoms with Gasteiger partial charge in [-0.2, -0.15) is 0 Å². The summed E-state index contributed by atoms with van der Waals surface area (Å²) in [5.41, 5.74) is 0. The van der Waals surface area contributed by atoms with Crippen LogP contribution in [0, 0.1) is 11.6 Å². The van der Waals surface area contributed by atoms with Crippen LogP contribution in [0.15, 0.2) is 23.1 Å². The molecule has 0 aliphatic heterocycles. The Bertz CT molecular complexity index is 493. The van der Waals surface area contributed by atoms with Gasteiger partial charge in [-0.1, -0.05) is 15.9 Å². The number of rotatable bonds is 5. The smallest absolute Gasteiger partial charge is 0.207 e. The predicted molar refractivity (Wildman–Crippen MR) is 64.6 cm³/mol. The van der Waals surface area contributed by atoms with Crippen LogP contribution in [0.2, 0.25) is 0 Å². The maximum Gasteiger partial charge on any atom is 0.245 e. The fourth-order valence-electron chi connectivity index (χ4n) is 1.25.